The fourth-order valence-corrected chi connectivity index (χ4v) is 1.92. The zero-order valence-electron chi connectivity index (χ0n) is 6.44. The van der Waals surface area contributed by atoms with E-state index in [4.69, 9.17) is 0 Å². The first kappa shape index (κ1) is 8.61. The molecule has 1 aromatic carbocycles. The maximum Gasteiger partial charge on any atom is 0.133 e. The van der Waals surface area contributed by atoms with E-state index in [-0.39, 0.29) is 5.30 Å². The normalized spacial score (nSPS) is 10.6. The van der Waals surface area contributed by atoms with Crippen LogP contribution in [-0.4, -0.2) is 13.3 Å². The van der Waals surface area contributed by atoms with Crippen LogP contribution in [-0.2, 0) is 0 Å². The van der Waals surface area contributed by atoms with Gasteiger partial charge in [-0.05, 0) is 25.5 Å². The zero-order valence-corrected chi connectivity index (χ0v) is 7.33. The van der Waals surface area contributed by atoms with Crippen LogP contribution in [0.3, 0.4) is 0 Å². The molecule has 1 aromatic rings. The quantitative estimate of drug-likeness (QED) is 0.573. The Balaban J connectivity index is 3.21. The Morgan fingerprint density at radius 2 is 1.55 bits per heavy atom. The van der Waals surface area contributed by atoms with Gasteiger partial charge in [-0.3, -0.25) is 0 Å². The van der Waals surface area contributed by atoms with Crippen molar-refractivity contribution in [1.29, 1.82) is 0 Å². The molecule has 0 aliphatic rings. The van der Waals surface area contributed by atoms with Gasteiger partial charge < -0.3 is 0 Å². The van der Waals surface area contributed by atoms with Gasteiger partial charge in [0.25, 0.3) is 0 Å². The van der Waals surface area contributed by atoms with Crippen molar-refractivity contribution in [2.45, 2.75) is 0 Å². The van der Waals surface area contributed by atoms with Gasteiger partial charge >= 0.3 is 0 Å². The zero-order chi connectivity index (χ0) is 8.43. The molecule has 3 heteroatoms. The molecule has 0 nitrogen and oxygen atoms in total. The highest BCUT2D eigenvalue weighted by Crippen LogP contribution is 2.26. The molecule has 0 aromatic heterocycles. The van der Waals surface area contributed by atoms with E-state index < -0.39 is 19.6 Å². The summed E-state index contributed by atoms with van der Waals surface area (Å²) in [6.07, 6.45) is 0. The second kappa shape index (κ2) is 3.27. The van der Waals surface area contributed by atoms with Gasteiger partial charge in [0.05, 0.1) is 0 Å². The highest BCUT2D eigenvalue weighted by molar-refractivity contribution is 7.64. The second-order valence-electron chi connectivity index (χ2n) is 2.46. The smallest absolute Gasteiger partial charge is 0.133 e. The number of hydrogen-bond acceptors (Lipinski definition) is 0. The van der Waals surface area contributed by atoms with Crippen molar-refractivity contribution in [2.24, 2.45) is 0 Å². The van der Waals surface area contributed by atoms with Gasteiger partial charge in [0.15, 0.2) is 0 Å². The van der Waals surface area contributed by atoms with Crippen LogP contribution in [0.15, 0.2) is 18.2 Å². The van der Waals surface area contributed by atoms with E-state index in [0.717, 1.165) is 0 Å². The first-order valence-electron chi connectivity index (χ1n) is 3.24. The molecule has 0 atom stereocenters. The summed E-state index contributed by atoms with van der Waals surface area (Å²) < 4.78 is 25.8. The lowest BCUT2D eigenvalue weighted by Crippen LogP contribution is -2.10. The molecule has 0 fully saturated rings. The van der Waals surface area contributed by atoms with E-state index in [1.165, 1.54) is 18.2 Å². The van der Waals surface area contributed by atoms with E-state index in [1.807, 2.05) is 13.3 Å². The molecule has 60 valence electrons. The summed E-state index contributed by atoms with van der Waals surface area (Å²) in [5, 5.41) is 0.238. The Labute approximate surface area is 66.0 Å². The molecule has 0 amide bonds. The monoisotopic (exact) mass is 174 g/mol. The summed E-state index contributed by atoms with van der Waals surface area (Å²) in [6, 6.07) is 3.97. The Morgan fingerprint density at radius 1 is 1.09 bits per heavy atom. The molecule has 0 saturated heterocycles. The molecule has 0 N–H and O–H groups in total. The lowest BCUT2D eigenvalue weighted by atomic mass is 10.3. The number of benzene rings is 1. The average molecular weight is 174 g/mol. The van der Waals surface area contributed by atoms with Gasteiger partial charge in [-0.25, -0.2) is 8.78 Å². The molecule has 0 aliphatic heterocycles. The van der Waals surface area contributed by atoms with Gasteiger partial charge in [0.2, 0.25) is 0 Å². The van der Waals surface area contributed by atoms with Gasteiger partial charge in [0.1, 0.15) is 11.6 Å². The third-order valence-electron chi connectivity index (χ3n) is 1.38. The topological polar surface area (TPSA) is 0 Å². The molecule has 0 saturated carbocycles. The summed E-state index contributed by atoms with van der Waals surface area (Å²) in [5.41, 5.74) is 0. The maximum atomic E-state index is 12.9. The molecule has 1 rings (SSSR count). The van der Waals surface area contributed by atoms with Crippen molar-refractivity contribution >= 4 is 13.2 Å². The minimum Gasteiger partial charge on any atom is -0.206 e. The summed E-state index contributed by atoms with van der Waals surface area (Å²) in [5.74, 6) is -0.859. The van der Waals surface area contributed by atoms with Gasteiger partial charge in [-0.15, -0.1) is 0 Å². The van der Waals surface area contributed by atoms with Crippen molar-refractivity contribution in [3.63, 3.8) is 0 Å². The molecular formula is C8H9F2P. The van der Waals surface area contributed by atoms with E-state index >= 15 is 0 Å². The molecule has 0 bridgehead atoms. The van der Waals surface area contributed by atoms with Crippen LogP contribution in [0.2, 0.25) is 0 Å². The van der Waals surface area contributed by atoms with Gasteiger partial charge in [-0.2, -0.15) is 0 Å². The van der Waals surface area contributed by atoms with E-state index in [9.17, 15) is 8.78 Å². The standard InChI is InChI=1S/C8H9F2P/c1-11(2)8-6(9)4-3-5-7(8)10/h3-5H,1-2H3. The van der Waals surface area contributed by atoms with Crippen LogP contribution in [0.25, 0.3) is 0 Å². The Hall–Kier alpha value is -0.490. The molecule has 11 heavy (non-hydrogen) atoms. The van der Waals surface area contributed by atoms with Crippen LogP contribution in [0.1, 0.15) is 0 Å². The first-order valence-corrected chi connectivity index (χ1v) is 5.48. The predicted octanol–water partition coefficient (Wildman–Crippen LogP) is 2.33. The van der Waals surface area contributed by atoms with E-state index in [2.05, 4.69) is 0 Å². The summed E-state index contributed by atoms with van der Waals surface area (Å²) >= 11 is 0. The summed E-state index contributed by atoms with van der Waals surface area (Å²) in [6.45, 7) is 3.66. The van der Waals surface area contributed by atoms with E-state index in [0.29, 0.717) is 0 Å². The molecule has 0 heterocycles. The highest BCUT2D eigenvalue weighted by Gasteiger charge is 2.10. The number of rotatable bonds is 1. The Bertz CT molecular complexity index is 238. The molecule has 0 aliphatic carbocycles. The van der Waals surface area contributed by atoms with Crippen molar-refractivity contribution < 1.29 is 8.78 Å². The average Bonchev–Trinajstić information content (AvgIpc) is 1.85. The third-order valence-corrected chi connectivity index (χ3v) is 2.71. The van der Waals surface area contributed by atoms with E-state index in [1.54, 1.807) is 0 Å². The third kappa shape index (κ3) is 1.75. The first-order chi connectivity index (χ1) is 5.13. The number of hydrogen-bond donors (Lipinski definition) is 0. The molecule has 0 radical (unpaired) electrons. The Kier molecular flexibility index (Phi) is 2.56. The Morgan fingerprint density at radius 3 is 1.82 bits per heavy atom. The van der Waals surface area contributed by atoms with Crippen molar-refractivity contribution in [3.05, 3.63) is 29.8 Å². The highest BCUT2D eigenvalue weighted by atomic mass is 31.1. The van der Waals surface area contributed by atoms with Crippen molar-refractivity contribution in [3.8, 4) is 0 Å². The minimum absolute atomic E-state index is 0.238. The van der Waals surface area contributed by atoms with Gasteiger partial charge in [-0.1, -0.05) is 14.0 Å². The summed E-state index contributed by atoms with van der Waals surface area (Å²) in [4.78, 5) is 0. The minimum atomic E-state index is -0.687. The van der Waals surface area contributed by atoms with Crippen LogP contribution >= 0.6 is 7.92 Å². The fraction of sp³-hybridized carbons (Fsp3) is 0.250. The molecule has 0 unspecified atom stereocenters. The van der Waals surface area contributed by atoms with Gasteiger partial charge in [0, 0.05) is 5.30 Å². The SMILES string of the molecule is CP(C)c1c(F)cccc1F. The molecule has 0 spiro atoms. The predicted molar refractivity (Wildman–Crippen MR) is 44.8 cm³/mol. The lowest BCUT2D eigenvalue weighted by molar-refractivity contribution is 0.598. The van der Waals surface area contributed by atoms with Crippen molar-refractivity contribution in [2.75, 3.05) is 13.3 Å². The van der Waals surface area contributed by atoms with Crippen LogP contribution in [0, 0.1) is 11.6 Å². The summed E-state index contributed by atoms with van der Waals surface area (Å²) in [7, 11) is -0.687. The number of halogens is 2. The van der Waals surface area contributed by atoms with Crippen molar-refractivity contribution in [1.82, 2.24) is 0 Å². The van der Waals surface area contributed by atoms with Crippen LogP contribution < -0.4 is 5.30 Å². The fourth-order valence-electron chi connectivity index (χ4n) is 0.916. The second-order valence-corrected chi connectivity index (χ2v) is 4.70. The van der Waals surface area contributed by atoms with Crippen LogP contribution in [0.4, 0.5) is 8.78 Å². The van der Waals surface area contributed by atoms with Crippen LogP contribution in [0.5, 0.6) is 0 Å². The lowest BCUT2D eigenvalue weighted by Gasteiger charge is -2.07. The largest absolute Gasteiger partial charge is 0.206 e. The maximum absolute atomic E-state index is 12.9. The molecular weight excluding hydrogens is 165 g/mol.